The normalized spacial score (nSPS) is 11.1. The molecule has 2 heterocycles. The van der Waals surface area contributed by atoms with Crippen LogP contribution in [0.3, 0.4) is 0 Å². The second kappa shape index (κ2) is 5.62. The Morgan fingerprint density at radius 1 is 0.958 bits per heavy atom. The number of halogens is 1. The van der Waals surface area contributed by atoms with Gasteiger partial charge in [0.2, 0.25) is 0 Å². The highest BCUT2D eigenvalue weighted by atomic mass is 35.5. The summed E-state index contributed by atoms with van der Waals surface area (Å²) in [7, 11) is 0. The van der Waals surface area contributed by atoms with Crippen molar-refractivity contribution < 1.29 is 0 Å². The molecule has 0 bridgehead atoms. The predicted octanol–water partition coefficient (Wildman–Crippen LogP) is 3.53. The average Bonchev–Trinajstić information content (AvgIpc) is 2.92. The summed E-state index contributed by atoms with van der Waals surface area (Å²) in [5.74, 6) is 0. The Balaban J connectivity index is 1.96. The molecule has 0 atom stereocenters. The maximum Gasteiger partial charge on any atom is 0.354 e. The van der Waals surface area contributed by atoms with Gasteiger partial charge >= 0.3 is 5.69 Å². The minimum absolute atomic E-state index is 0.359. The summed E-state index contributed by atoms with van der Waals surface area (Å²) in [6.45, 7) is 1.90. The molecule has 0 saturated heterocycles. The molecule has 0 saturated carbocycles. The number of rotatable bonds is 2. The smallest absolute Gasteiger partial charge is 0.267 e. The van der Waals surface area contributed by atoms with E-state index in [0.29, 0.717) is 16.4 Å². The number of para-hydroxylation sites is 1. The highest BCUT2D eigenvalue weighted by molar-refractivity contribution is 6.30. The Morgan fingerprint density at radius 3 is 2.38 bits per heavy atom. The van der Waals surface area contributed by atoms with Crippen molar-refractivity contribution in [3.63, 3.8) is 0 Å². The van der Waals surface area contributed by atoms with Gasteiger partial charge in [0.15, 0.2) is 5.65 Å². The largest absolute Gasteiger partial charge is 0.354 e. The molecule has 6 heteroatoms. The fourth-order valence-electron chi connectivity index (χ4n) is 2.65. The summed E-state index contributed by atoms with van der Waals surface area (Å²) < 4.78 is 3.20. The van der Waals surface area contributed by atoms with E-state index in [0.717, 1.165) is 16.8 Å². The van der Waals surface area contributed by atoms with E-state index in [4.69, 9.17) is 11.6 Å². The van der Waals surface area contributed by atoms with Crippen molar-refractivity contribution >= 4 is 22.6 Å². The zero-order chi connectivity index (χ0) is 16.7. The van der Waals surface area contributed by atoms with E-state index in [1.807, 2.05) is 37.3 Å². The van der Waals surface area contributed by atoms with E-state index in [1.165, 1.54) is 4.57 Å². The molecule has 0 radical (unpaired) electrons. The number of aromatic nitrogens is 4. The predicted molar refractivity (Wildman–Crippen MR) is 94.2 cm³/mol. The fourth-order valence-corrected chi connectivity index (χ4v) is 2.78. The molecule has 4 rings (SSSR count). The first kappa shape index (κ1) is 14.7. The van der Waals surface area contributed by atoms with Gasteiger partial charge in [-0.15, -0.1) is 0 Å². The van der Waals surface area contributed by atoms with E-state index in [2.05, 4.69) is 10.1 Å². The van der Waals surface area contributed by atoms with Crippen LogP contribution in [0.2, 0.25) is 5.02 Å². The third kappa shape index (κ3) is 2.39. The molecule has 118 valence electrons. The third-order valence-corrected chi connectivity index (χ3v) is 4.10. The maximum absolute atomic E-state index is 12.5. The van der Waals surface area contributed by atoms with Gasteiger partial charge < -0.3 is 0 Å². The van der Waals surface area contributed by atoms with Gasteiger partial charge in [0.05, 0.1) is 22.5 Å². The van der Waals surface area contributed by atoms with Crippen molar-refractivity contribution in [2.75, 3.05) is 0 Å². The standard InChI is InChI=1S/C18H13ClN4O/c1-12-16-11-22(14-9-7-13(19)8-10-14)18(24)20-17(16)23(21-12)15-5-3-2-4-6-15/h2-11H,1H3. The first-order valence-electron chi connectivity index (χ1n) is 7.44. The van der Waals surface area contributed by atoms with E-state index in [9.17, 15) is 4.79 Å². The molecule has 2 aromatic heterocycles. The molecule has 5 nitrogen and oxygen atoms in total. The Hall–Kier alpha value is -2.92. The molecule has 0 unspecified atom stereocenters. The van der Waals surface area contributed by atoms with Gasteiger partial charge in [0.1, 0.15) is 0 Å². The molecular weight excluding hydrogens is 324 g/mol. The molecule has 0 N–H and O–H groups in total. The van der Waals surface area contributed by atoms with Crippen molar-refractivity contribution in [1.29, 1.82) is 0 Å². The van der Waals surface area contributed by atoms with E-state index in [1.54, 1.807) is 35.1 Å². The van der Waals surface area contributed by atoms with Crippen LogP contribution >= 0.6 is 11.6 Å². The lowest BCUT2D eigenvalue weighted by atomic mass is 10.3. The number of hydrogen-bond acceptors (Lipinski definition) is 3. The second-order valence-electron chi connectivity index (χ2n) is 5.44. The number of nitrogens with zero attached hydrogens (tertiary/aromatic N) is 4. The summed E-state index contributed by atoms with van der Waals surface area (Å²) in [6, 6.07) is 16.7. The second-order valence-corrected chi connectivity index (χ2v) is 5.88. The highest BCUT2D eigenvalue weighted by Gasteiger charge is 2.13. The fraction of sp³-hybridized carbons (Fsp3) is 0.0556. The van der Waals surface area contributed by atoms with Gasteiger partial charge in [-0.2, -0.15) is 10.1 Å². The van der Waals surface area contributed by atoms with Gasteiger partial charge in [-0.25, -0.2) is 9.48 Å². The topological polar surface area (TPSA) is 52.7 Å². The highest BCUT2D eigenvalue weighted by Crippen LogP contribution is 2.20. The first-order chi connectivity index (χ1) is 11.6. The lowest BCUT2D eigenvalue weighted by molar-refractivity contribution is 0.863. The van der Waals surface area contributed by atoms with Crippen molar-refractivity contribution in [2.45, 2.75) is 6.92 Å². The van der Waals surface area contributed by atoms with Crippen LogP contribution in [0.5, 0.6) is 0 Å². The van der Waals surface area contributed by atoms with Crippen molar-refractivity contribution in [3.8, 4) is 11.4 Å². The summed E-state index contributed by atoms with van der Waals surface area (Å²) in [5.41, 5.74) is 2.58. The van der Waals surface area contributed by atoms with E-state index < -0.39 is 0 Å². The lowest BCUT2D eigenvalue weighted by Gasteiger charge is -2.06. The van der Waals surface area contributed by atoms with Gasteiger partial charge in [-0.3, -0.25) is 4.57 Å². The Kier molecular flexibility index (Phi) is 3.43. The quantitative estimate of drug-likeness (QED) is 0.562. The minimum atomic E-state index is -0.359. The van der Waals surface area contributed by atoms with Crippen LogP contribution in [0, 0.1) is 6.92 Å². The Labute approximate surface area is 142 Å². The van der Waals surface area contributed by atoms with Crippen molar-refractivity contribution in [1.82, 2.24) is 19.3 Å². The summed E-state index contributed by atoms with van der Waals surface area (Å²) in [4.78, 5) is 16.7. The number of benzene rings is 2. The number of hydrogen-bond donors (Lipinski definition) is 0. The van der Waals surface area contributed by atoms with Gasteiger partial charge in [0.25, 0.3) is 0 Å². The lowest BCUT2D eigenvalue weighted by Crippen LogP contribution is -2.21. The molecule has 2 aromatic carbocycles. The SMILES string of the molecule is Cc1nn(-c2ccccc2)c2nc(=O)n(-c3ccc(Cl)cc3)cc12. The molecule has 4 aromatic rings. The maximum atomic E-state index is 12.5. The van der Waals surface area contributed by atoms with Crippen LogP contribution in [0.1, 0.15) is 5.69 Å². The van der Waals surface area contributed by atoms with E-state index in [-0.39, 0.29) is 5.69 Å². The average molecular weight is 337 g/mol. The van der Waals surface area contributed by atoms with Crippen LogP contribution in [0.4, 0.5) is 0 Å². The van der Waals surface area contributed by atoms with Crippen LogP contribution in [0.25, 0.3) is 22.4 Å². The summed E-state index contributed by atoms with van der Waals surface area (Å²) in [6.07, 6.45) is 1.77. The molecule has 0 aliphatic rings. The van der Waals surface area contributed by atoms with Crippen molar-refractivity contribution in [3.05, 3.63) is 82.0 Å². The van der Waals surface area contributed by atoms with Crippen LogP contribution < -0.4 is 5.69 Å². The summed E-state index contributed by atoms with van der Waals surface area (Å²) in [5, 5.41) is 5.98. The molecule has 24 heavy (non-hydrogen) atoms. The third-order valence-electron chi connectivity index (χ3n) is 3.85. The van der Waals surface area contributed by atoms with Gasteiger partial charge in [0, 0.05) is 11.2 Å². The Morgan fingerprint density at radius 2 is 1.67 bits per heavy atom. The zero-order valence-corrected chi connectivity index (χ0v) is 13.6. The zero-order valence-electron chi connectivity index (χ0n) is 12.8. The number of aryl methyl sites for hydroxylation is 1. The molecule has 0 spiro atoms. The summed E-state index contributed by atoms with van der Waals surface area (Å²) >= 11 is 5.91. The molecule has 0 aliphatic heterocycles. The molecular formula is C18H13ClN4O. The van der Waals surface area contributed by atoms with Gasteiger partial charge in [-0.05, 0) is 43.3 Å². The van der Waals surface area contributed by atoms with E-state index >= 15 is 0 Å². The van der Waals surface area contributed by atoms with Crippen LogP contribution in [-0.4, -0.2) is 19.3 Å². The van der Waals surface area contributed by atoms with Crippen LogP contribution in [-0.2, 0) is 0 Å². The van der Waals surface area contributed by atoms with Crippen LogP contribution in [0.15, 0.2) is 65.6 Å². The minimum Gasteiger partial charge on any atom is -0.267 e. The van der Waals surface area contributed by atoms with Crippen molar-refractivity contribution in [2.24, 2.45) is 0 Å². The monoisotopic (exact) mass is 336 g/mol. The molecule has 0 aliphatic carbocycles. The molecule has 0 fully saturated rings. The first-order valence-corrected chi connectivity index (χ1v) is 7.82. The Bertz CT molecular complexity index is 1080. The molecule has 0 amide bonds. The van der Waals surface area contributed by atoms with Gasteiger partial charge in [-0.1, -0.05) is 29.8 Å². The number of fused-ring (bicyclic) bond motifs is 1.